The van der Waals surface area contributed by atoms with Crippen LogP contribution in [-0.2, 0) is 9.53 Å². The highest BCUT2D eigenvalue weighted by Crippen LogP contribution is 2.33. The maximum Gasteiger partial charge on any atom is 0.230 e. The van der Waals surface area contributed by atoms with Crippen molar-refractivity contribution >= 4 is 18.3 Å². The predicted octanol–water partition coefficient (Wildman–Crippen LogP) is 1.67. The van der Waals surface area contributed by atoms with Gasteiger partial charge in [0.2, 0.25) is 5.91 Å². The summed E-state index contributed by atoms with van der Waals surface area (Å²) in [5.41, 5.74) is 5.56. The lowest BCUT2D eigenvalue weighted by Gasteiger charge is -2.43. The van der Waals surface area contributed by atoms with Crippen molar-refractivity contribution in [3.05, 3.63) is 0 Å². The molecule has 2 aliphatic heterocycles. The van der Waals surface area contributed by atoms with E-state index in [9.17, 15) is 4.79 Å². The Hall–Kier alpha value is -0.320. The fourth-order valence-electron chi connectivity index (χ4n) is 3.43. The van der Waals surface area contributed by atoms with Gasteiger partial charge in [0.1, 0.15) is 0 Å². The molecule has 2 unspecified atom stereocenters. The lowest BCUT2D eigenvalue weighted by atomic mass is 9.78. The third-order valence-electron chi connectivity index (χ3n) is 4.45. The molecule has 2 N–H and O–H groups in total. The van der Waals surface area contributed by atoms with Gasteiger partial charge in [-0.1, -0.05) is 13.8 Å². The van der Waals surface area contributed by atoms with E-state index < -0.39 is 0 Å². The number of carbonyl (C=O) groups excluding carboxylic acids is 1. The number of hydrogen-bond acceptors (Lipinski definition) is 3. The van der Waals surface area contributed by atoms with E-state index in [2.05, 4.69) is 18.7 Å². The summed E-state index contributed by atoms with van der Waals surface area (Å²) in [4.78, 5) is 14.8. The second kappa shape index (κ2) is 6.91. The molecule has 0 aliphatic carbocycles. The lowest BCUT2D eigenvalue weighted by molar-refractivity contribution is -0.150. The summed E-state index contributed by atoms with van der Waals surface area (Å²) < 4.78 is 5.38. The quantitative estimate of drug-likeness (QED) is 0.842. The normalized spacial score (nSPS) is 30.6. The molecule has 0 radical (unpaired) electrons. The van der Waals surface area contributed by atoms with Crippen LogP contribution < -0.4 is 5.73 Å². The fraction of sp³-hybridized carbons (Fsp3) is 0.929. The van der Waals surface area contributed by atoms with Crippen molar-refractivity contribution in [1.29, 1.82) is 0 Å². The van der Waals surface area contributed by atoms with Crippen molar-refractivity contribution in [1.82, 2.24) is 4.90 Å². The van der Waals surface area contributed by atoms with Crippen LogP contribution in [0.5, 0.6) is 0 Å². The molecule has 0 bridgehead atoms. The van der Waals surface area contributed by atoms with Gasteiger partial charge >= 0.3 is 0 Å². The molecule has 2 rings (SSSR count). The first kappa shape index (κ1) is 16.7. The lowest BCUT2D eigenvalue weighted by Crippen LogP contribution is -2.54. The van der Waals surface area contributed by atoms with Gasteiger partial charge in [0, 0.05) is 32.8 Å². The second-order valence-corrected chi connectivity index (χ2v) is 6.25. The number of likely N-dealkylation sites (tertiary alicyclic amines) is 1. The Morgan fingerprint density at radius 1 is 1.26 bits per heavy atom. The first-order chi connectivity index (χ1) is 8.57. The summed E-state index contributed by atoms with van der Waals surface area (Å²) in [6.07, 6.45) is 2.78. The monoisotopic (exact) mass is 290 g/mol. The third kappa shape index (κ3) is 3.61. The van der Waals surface area contributed by atoms with E-state index >= 15 is 0 Å². The predicted molar refractivity (Wildman–Crippen MR) is 78.3 cm³/mol. The Kier molecular flexibility index (Phi) is 6.09. The Morgan fingerprint density at radius 2 is 1.79 bits per heavy atom. The molecule has 0 aromatic carbocycles. The zero-order valence-electron chi connectivity index (χ0n) is 12.1. The first-order valence-electron chi connectivity index (χ1n) is 7.14. The minimum Gasteiger partial charge on any atom is -0.381 e. The second-order valence-electron chi connectivity index (χ2n) is 6.25. The summed E-state index contributed by atoms with van der Waals surface area (Å²) in [5, 5.41) is 0. The summed E-state index contributed by atoms with van der Waals surface area (Å²) in [6.45, 7) is 8.04. The van der Waals surface area contributed by atoms with Crippen molar-refractivity contribution in [2.24, 2.45) is 23.0 Å². The molecular weight excluding hydrogens is 264 g/mol. The number of hydrogen-bond donors (Lipinski definition) is 1. The highest BCUT2D eigenvalue weighted by atomic mass is 35.5. The van der Waals surface area contributed by atoms with Crippen LogP contribution >= 0.6 is 12.4 Å². The van der Waals surface area contributed by atoms with Crippen molar-refractivity contribution in [2.75, 3.05) is 32.8 Å². The minimum atomic E-state index is -0.352. The average Bonchev–Trinajstić information content (AvgIpc) is 2.37. The summed E-state index contributed by atoms with van der Waals surface area (Å²) >= 11 is 0. The average molecular weight is 291 g/mol. The van der Waals surface area contributed by atoms with Gasteiger partial charge in [-0.25, -0.2) is 0 Å². The van der Waals surface area contributed by atoms with Crippen LogP contribution in [0.2, 0.25) is 0 Å². The SMILES string of the molecule is CC1CC(C)CN(C(=O)C2(CN)CCOCC2)C1.Cl. The summed E-state index contributed by atoms with van der Waals surface area (Å²) in [6, 6.07) is 0. The molecule has 2 aliphatic rings. The number of piperidine rings is 1. The van der Waals surface area contributed by atoms with Crippen LogP contribution in [0.25, 0.3) is 0 Å². The number of nitrogens with zero attached hydrogens (tertiary/aromatic N) is 1. The molecule has 0 aromatic rings. The molecule has 19 heavy (non-hydrogen) atoms. The molecule has 4 nitrogen and oxygen atoms in total. The maximum absolute atomic E-state index is 12.8. The highest BCUT2D eigenvalue weighted by Gasteiger charge is 2.42. The van der Waals surface area contributed by atoms with Crippen LogP contribution in [0, 0.1) is 17.3 Å². The summed E-state index contributed by atoms with van der Waals surface area (Å²) in [7, 11) is 0. The molecule has 0 saturated carbocycles. The molecule has 112 valence electrons. The van der Waals surface area contributed by atoms with Gasteiger partial charge in [0.25, 0.3) is 0 Å². The van der Waals surface area contributed by atoms with E-state index in [-0.39, 0.29) is 23.7 Å². The van der Waals surface area contributed by atoms with E-state index in [1.807, 2.05) is 0 Å². The Bertz CT molecular complexity index is 296. The molecular formula is C14H27ClN2O2. The zero-order chi connectivity index (χ0) is 13.2. The third-order valence-corrected chi connectivity index (χ3v) is 4.45. The van der Waals surface area contributed by atoms with Crippen molar-refractivity contribution < 1.29 is 9.53 Å². The Balaban J connectivity index is 0.00000180. The molecule has 0 spiro atoms. The van der Waals surface area contributed by atoms with Gasteiger partial charge in [-0.3, -0.25) is 4.79 Å². The van der Waals surface area contributed by atoms with E-state index in [1.54, 1.807) is 0 Å². The van der Waals surface area contributed by atoms with Crippen LogP contribution in [0.4, 0.5) is 0 Å². The first-order valence-corrected chi connectivity index (χ1v) is 7.14. The molecule has 0 aromatic heterocycles. The van der Waals surface area contributed by atoms with E-state index in [0.717, 1.165) is 25.9 Å². The summed E-state index contributed by atoms with van der Waals surface area (Å²) in [5.74, 6) is 1.48. The van der Waals surface area contributed by atoms with Gasteiger partial charge in [-0.05, 0) is 31.1 Å². The fourth-order valence-corrected chi connectivity index (χ4v) is 3.43. The van der Waals surface area contributed by atoms with Gasteiger partial charge in [0.15, 0.2) is 0 Å². The van der Waals surface area contributed by atoms with Crippen molar-refractivity contribution in [3.8, 4) is 0 Å². The largest absolute Gasteiger partial charge is 0.381 e. The minimum absolute atomic E-state index is 0. The molecule has 2 saturated heterocycles. The van der Waals surface area contributed by atoms with Crippen LogP contribution in [0.3, 0.4) is 0 Å². The van der Waals surface area contributed by atoms with Crippen molar-refractivity contribution in [3.63, 3.8) is 0 Å². The zero-order valence-corrected chi connectivity index (χ0v) is 12.9. The van der Waals surface area contributed by atoms with Crippen LogP contribution in [0.15, 0.2) is 0 Å². The van der Waals surface area contributed by atoms with E-state index in [0.29, 0.717) is 31.6 Å². The topological polar surface area (TPSA) is 55.6 Å². The number of rotatable bonds is 2. The Morgan fingerprint density at radius 3 is 2.26 bits per heavy atom. The van der Waals surface area contributed by atoms with Gasteiger partial charge in [-0.15, -0.1) is 12.4 Å². The standard InChI is InChI=1S/C14H26N2O2.ClH/c1-11-7-12(2)9-16(8-11)13(17)14(10-15)3-5-18-6-4-14;/h11-12H,3-10,15H2,1-2H3;1H. The van der Waals surface area contributed by atoms with Gasteiger partial charge in [0.05, 0.1) is 5.41 Å². The van der Waals surface area contributed by atoms with Gasteiger partial charge in [-0.2, -0.15) is 0 Å². The molecule has 2 fully saturated rings. The maximum atomic E-state index is 12.8. The molecule has 1 amide bonds. The molecule has 2 atom stereocenters. The Labute approximate surface area is 122 Å². The van der Waals surface area contributed by atoms with Gasteiger partial charge < -0.3 is 15.4 Å². The number of ether oxygens (including phenoxy) is 1. The van der Waals surface area contributed by atoms with Crippen LogP contribution in [-0.4, -0.2) is 43.7 Å². The highest BCUT2D eigenvalue weighted by molar-refractivity contribution is 5.85. The molecule has 5 heteroatoms. The van der Waals surface area contributed by atoms with Crippen molar-refractivity contribution in [2.45, 2.75) is 33.1 Å². The van der Waals surface area contributed by atoms with E-state index in [4.69, 9.17) is 10.5 Å². The number of nitrogens with two attached hydrogens (primary N) is 1. The number of carbonyl (C=O) groups is 1. The number of halogens is 1. The van der Waals surface area contributed by atoms with Crippen LogP contribution in [0.1, 0.15) is 33.1 Å². The number of amides is 1. The molecule has 2 heterocycles. The van der Waals surface area contributed by atoms with E-state index in [1.165, 1.54) is 6.42 Å². The smallest absolute Gasteiger partial charge is 0.230 e.